The summed E-state index contributed by atoms with van der Waals surface area (Å²) in [5.74, 6) is -0.386. The van der Waals surface area contributed by atoms with Crippen molar-refractivity contribution in [3.05, 3.63) is 66.3 Å². The van der Waals surface area contributed by atoms with Gasteiger partial charge in [0.1, 0.15) is 29.2 Å². The van der Waals surface area contributed by atoms with E-state index in [1.807, 2.05) is 0 Å². The molecule has 1 aliphatic rings. The zero-order chi connectivity index (χ0) is 26.7. The van der Waals surface area contributed by atoms with Gasteiger partial charge in [-0.3, -0.25) is 9.29 Å². The summed E-state index contributed by atoms with van der Waals surface area (Å²) < 4.78 is 55.1. The lowest BCUT2D eigenvalue weighted by atomic mass is 10.1. The van der Waals surface area contributed by atoms with Crippen molar-refractivity contribution in [2.45, 2.75) is 31.2 Å². The molecule has 37 heavy (non-hydrogen) atoms. The number of aliphatic hydroxyl groups is 1. The smallest absolute Gasteiger partial charge is 0.243 e. The number of rotatable bonds is 9. The number of ether oxygens (including phenoxy) is 2. The Kier molecular flexibility index (Phi) is 7.40. The van der Waals surface area contributed by atoms with Gasteiger partial charge in [-0.1, -0.05) is 19.1 Å². The van der Waals surface area contributed by atoms with Crippen LogP contribution in [0.25, 0.3) is 11.4 Å². The van der Waals surface area contributed by atoms with Gasteiger partial charge in [-0.05, 0) is 31.2 Å². The number of aliphatic hydroxyl groups excluding tert-OH is 1. The minimum Gasteiger partial charge on any atom is -0.494 e. The van der Waals surface area contributed by atoms with Crippen LogP contribution >= 0.6 is 0 Å². The molecule has 3 aromatic rings. The van der Waals surface area contributed by atoms with Gasteiger partial charge < -0.3 is 19.9 Å². The fourth-order valence-electron chi connectivity index (χ4n) is 3.70. The quantitative estimate of drug-likeness (QED) is 0.373. The molecule has 1 aromatic carbocycles. The molecular formula is C23H26FN7O5S. The Morgan fingerprint density at radius 3 is 2.38 bits per heavy atom. The number of hydrogen-bond acceptors (Lipinski definition) is 10. The van der Waals surface area contributed by atoms with Crippen LogP contribution in [0.3, 0.4) is 0 Å². The largest absolute Gasteiger partial charge is 0.494 e. The van der Waals surface area contributed by atoms with E-state index in [-0.39, 0.29) is 17.6 Å². The topological polar surface area (TPSA) is 153 Å². The Balaban J connectivity index is 1.81. The molecule has 196 valence electrons. The van der Waals surface area contributed by atoms with Crippen LogP contribution in [0.15, 0.2) is 48.8 Å². The summed E-state index contributed by atoms with van der Waals surface area (Å²) in [7, 11) is -1.18. The molecule has 3 unspecified atom stereocenters. The van der Waals surface area contributed by atoms with E-state index in [0.29, 0.717) is 22.9 Å². The van der Waals surface area contributed by atoms with Crippen molar-refractivity contribution in [1.82, 2.24) is 30.0 Å². The van der Waals surface area contributed by atoms with Crippen molar-refractivity contribution in [2.75, 3.05) is 18.9 Å². The maximum absolute atomic E-state index is 13.4. The molecule has 0 fully saturated rings. The maximum Gasteiger partial charge on any atom is 0.243 e. The van der Waals surface area contributed by atoms with Crippen molar-refractivity contribution in [3.63, 3.8) is 0 Å². The minimum atomic E-state index is -4.10. The zero-order valence-corrected chi connectivity index (χ0v) is 21.3. The number of aromatic nitrogens is 5. The number of nitrogens with zero attached hydrogens (tertiary/aromatic N) is 5. The first-order valence-electron chi connectivity index (χ1n) is 11.2. The van der Waals surface area contributed by atoms with Crippen molar-refractivity contribution in [1.29, 1.82) is 0 Å². The van der Waals surface area contributed by atoms with Gasteiger partial charge in [-0.15, -0.1) is 10.2 Å². The van der Waals surface area contributed by atoms with E-state index < -0.39 is 33.2 Å². The van der Waals surface area contributed by atoms with Gasteiger partial charge >= 0.3 is 0 Å². The highest BCUT2D eigenvalue weighted by molar-refractivity contribution is 7.93. The Hall–Kier alpha value is -4.04. The number of methoxy groups -OCH3 is 2. The normalized spacial score (nSPS) is 16.9. The third kappa shape index (κ3) is 5.24. The first-order chi connectivity index (χ1) is 17.7. The molecule has 2 aromatic heterocycles. The lowest BCUT2D eigenvalue weighted by Crippen LogP contribution is -2.32. The molecule has 0 aliphatic carbocycles. The standard InChI is InChI=1S/C23H26FN7O5S/c1-13(21-25-11-15(24)12-26-21)14(2)37(33,34)30-23-29-28-22(16-7-5-10-19(32)27-16)31(23)20-17(35-3)8-6-9-18(20)36-4/h5-14,19,27,32H,1-4H3,(H,29,30). The zero-order valence-electron chi connectivity index (χ0n) is 20.5. The van der Waals surface area contributed by atoms with Gasteiger partial charge in [0.2, 0.25) is 16.0 Å². The van der Waals surface area contributed by atoms with Crippen LogP contribution in [-0.4, -0.2) is 64.0 Å². The van der Waals surface area contributed by atoms with E-state index >= 15 is 0 Å². The minimum absolute atomic E-state index is 0.149. The second-order valence-corrected chi connectivity index (χ2v) is 10.2. The van der Waals surface area contributed by atoms with E-state index in [2.05, 4.69) is 30.2 Å². The molecule has 14 heteroatoms. The average Bonchev–Trinajstić information content (AvgIpc) is 3.29. The number of dihydropyridines is 1. The van der Waals surface area contributed by atoms with E-state index in [4.69, 9.17) is 9.47 Å². The molecular weight excluding hydrogens is 505 g/mol. The molecule has 0 bridgehead atoms. The summed E-state index contributed by atoms with van der Waals surface area (Å²) in [4.78, 5) is 7.82. The molecule has 0 saturated heterocycles. The Morgan fingerprint density at radius 1 is 1.14 bits per heavy atom. The van der Waals surface area contributed by atoms with Gasteiger partial charge in [0.25, 0.3) is 0 Å². The average molecular weight is 532 g/mol. The second-order valence-electron chi connectivity index (χ2n) is 8.15. The third-order valence-electron chi connectivity index (χ3n) is 5.86. The number of halogens is 1. The van der Waals surface area contributed by atoms with E-state index in [9.17, 15) is 17.9 Å². The van der Waals surface area contributed by atoms with Crippen LogP contribution in [0.2, 0.25) is 0 Å². The lowest BCUT2D eigenvalue weighted by Gasteiger charge is -2.22. The highest BCUT2D eigenvalue weighted by Gasteiger charge is 2.33. The first kappa shape index (κ1) is 26.0. The number of hydrogen-bond donors (Lipinski definition) is 3. The van der Waals surface area contributed by atoms with E-state index in [1.54, 1.807) is 37.3 Å². The number of allylic oxidation sites excluding steroid dienone is 2. The highest BCUT2D eigenvalue weighted by Crippen LogP contribution is 2.37. The molecule has 12 nitrogen and oxygen atoms in total. The van der Waals surface area contributed by atoms with Crippen molar-refractivity contribution in [3.8, 4) is 17.2 Å². The van der Waals surface area contributed by atoms with Gasteiger partial charge in [0, 0.05) is 5.92 Å². The summed E-state index contributed by atoms with van der Waals surface area (Å²) >= 11 is 0. The second kappa shape index (κ2) is 10.5. The van der Waals surface area contributed by atoms with Gasteiger partial charge in [-0.2, -0.15) is 0 Å². The van der Waals surface area contributed by atoms with Crippen LogP contribution in [0.1, 0.15) is 31.4 Å². The lowest BCUT2D eigenvalue weighted by molar-refractivity contribution is 0.204. The van der Waals surface area contributed by atoms with Crippen LogP contribution < -0.4 is 19.5 Å². The molecule has 0 saturated carbocycles. The van der Waals surface area contributed by atoms with Gasteiger partial charge in [0.05, 0.1) is 37.6 Å². The van der Waals surface area contributed by atoms with Crippen LogP contribution in [0.5, 0.6) is 11.5 Å². The predicted molar refractivity (Wildman–Crippen MR) is 133 cm³/mol. The van der Waals surface area contributed by atoms with Gasteiger partial charge in [0.15, 0.2) is 11.6 Å². The summed E-state index contributed by atoms with van der Waals surface area (Å²) in [5, 5.41) is 20.2. The third-order valence-corrected chi connectivity index (χ3v) is 7.72. The Labute approximate surface area is 212 Å². The maximum atomic E-state index is 13.4. The SMILES string of the molecule is COc1cccc(OC)c1-n1c(NS(=O)(=O)C(C)C(C)c2ncc(F)cn2)nnc1C1=CC=CC(O)N1. The predicted octanol–water partition coefficient (Wildman–Crippen LogP) is 1.97. The summed E-state index contributed by atoms with van der Waals surface area (Å²) in [6.45, 7) is 3.11. The molecule has 3 heterocycles. The molecule has 0 spiro atoms. The van der Waals surface area contributed by atoms with Crippen LogP contribution in [0, 0.1) is 5.82 Å². The Morgan fingerprint density at radius 2 is 1.78 bits per heavy atom. The molecule has 0 radical (unpaired) electrons. The fourth-order valence-corrected chi connectivity index (χ4v) is 4.93. The number of sulfonamides is 1. The monoisotopic (exact) mass is 531 g/mol. The number of nitrogens with one attached hydrogen (secondary N) is 2. The summed E-state index contributed by atoms with van der Waals surface area (Å²) in [6.07, 6.45) is 5.79. The summed E-state index contributed by atoms with van der Waals surface area (Å²) in [5.41, 5.74) is 0.710. The molecule has 3 N–H and O–H groups in total. The van der Waals surface area contributed by atoms with Crippen molar-refractivity contribution < 1.29 is 27.4 Å². The van der Waals surface area contributed by atoms with Crippen LogP contribution in [-0.2, 0) is 10.0 Å². The fraction of sp³-hybridized carbons (Fsp3) is 0.304. The van der Waals surface area contributed by atoms with E-state index in [0.717, 1.165) is 12.4 Å². The van der Waals surface area contributed by atoms with Crippen LogP contribution in [0.4, 0.5) is 10.3 Å². The number of anilines is 1. The Bertz CT molecular complexity index is 1420. The number of benzene rings is 1. The molecule has 3 atom stereocenters. The van der Waals surface area contributed by atoms with Crippen molar-refractivity contribution in [2.24, 2.45) is 0 Å². The molecule has 1 aliphatic heterocycles. The number of para-hydroxylation sites is 1. The molecule has 0 amide bonds. The van der Waals surface area contributed by atoms with Crippen molar-refractivity contribution >= 4 is 21.7 Å². The first-order valence-corrected chi connectivity index (χ1v) is 12.7. The van der Waals surface area contributed by atoms with E-state index in [1.165, 1.54) is 31.8 Å². The highest BCUT2D eigenvalue weighted by atomic mass is 32.2. The molecule has 4 rings (SSSR count). The summed E-state index contributed by atoms with van der Waals surface area (Å²) in [6, 6.07) is 5.06. The van der Waals surface area contributed by atoms with Gasteiger partial charge in [-0.25, -0.2) is 22.8 Å².